The molecule has 0 bridgehead atoms. The Balaban J connectivity index is 1.36. The van der Waals surface area contributed by atoms with Gasteiger partial charge < -0.3 is 14.5 Å². The molecule has 5 rings (SSSR count). The second-order valence-corrected chi connectivity index (χ2v) is 12.2. The van der Waals surface area contributed by atoms with Gasteiger partial charge in [0.15, 0.2) is 0 Å². The Kier molecular flexibility index (Phi) is 7.45. The number of anilines is 1. The molecule has 0 aliphatic carbocycles. The van der Waals surface area contributed by atoms with Crippen molar-refractivity contribution in [3.05, 3.63) is 89.5 Å². The molecule has 2 atom stereocenters. The fourth-order valence-electron chi connectivity index (χ4n) is 5.63. The summed E-state index contributed by atoms with van der Waals surface area (Å²) < 4.78 is 34.0. The van der Waals surface area contributed by atoms with Gasteiger partial charge in [-0.15, -0.1) is 0 Å². The van der Waals surface area contributed by atoms with Crippen molar-refractivity contribution in [2.75, 3.05) is 51.3 Å². The molecule has 3 aromatic carbocycles. The van der Waals surface area contributed by atoms with Gasteiger partial charge in [0.1, 0.15) is 5.75 Å². The van der Waals surface area contributed by atoms with Crippen molar-refractivity contribution in [3.63, 3.8) is 0 Å². The number of hydrogen-bond donors (Lipinski definition) is 0. The Morgan fingerprint density at radius 2 is 1.61 bits per heavy atom. The van der Waals surface area contributed by atoms with E-state index in [0.717, 1.165) is 18.7 Å². The number of carbonyl (C=O) groups is 1. The van der Waals surface area contributed by atoms with Gasteiger partial charge in [-0.1, -0.05) is 48.5 Å². The van der Waals surface area contributed by atoms with Crippen LogP contribution in [-0.4, -0.2) is 69.9 Å². The lowest BCUT2D eigenvalue weighted by Gasteiger charge is -2.38. The highest BCUT2D eigenvalue weighted by atomic mass is 32.2. The van der Waals surface area contributed by atoms with Gasteiger partial charge in [0.25, 0.3) is 0 Å². The van der Waals surface area contributed by atoms with Gasteiger partial charge in [-0.2, -0.15) is 4.31 Å². The molecule has 0 aromatic heterocycles. The molecule has 2 saturated heterocycles. The van der Waals surface area contributed by atoms with Gasteiger partial charge >= 0.3 is 0 Å². The molecular formula is C30H35N3O4S. The van der Waals surface area contributed by atoms with Crippen LogP contribution >= 0.6 is 0 Å². The van der Waals surface area contributed by atoms with Crippen molar-refractivity contribution >= 4 is 21.6 Å². The summed E-state index contributed by atoms with van der Waals surface area (Å²) >= 11 is 0. The third-order valence-electron chi connectivity index (χ3n) is 7.81. The first-order valence-electron chi connectivity index (χ1n) is 13.1. The standard InChI is InChI=1S/C30H35N3O4S/c1-22-12-13-23(2)29(18-22)31-14-16-32(17-15-31)30(34)28-21-33(20-27(28)24-8-5-4-6-9-24)38(35,36)26-11-7-10-25(19-26)37-3/h4-13,18-19,27-28H,14-17,20-21H2,1-3H3/t27-,28-/m0/s1. The summed E-state index contributed by atoms with van der Waals surface area (Å²) in [5.74, 6) is -0.131. The molecule has 2 aliphatic heterocycles. The van der Waals surface area contributed by atoms with Gasteiger partial charge in [-0.25, -0.2) is 8.42 Å². The molecule has 0 radical (unpaired) electrons. The van der Waals surface area contributed by atoms with E-state index in [2.05, 4.69) is 36.9 Å². The largest absolute Gasteiger partial charge is 0.497 e. The van der Waals surface area contributed by atoms with E-state index in [1.54, 1.807) is 18.2 Å². The summed E-state index contributed by atoms with van der Waals surface area (Å²) in [4.78, 5) is 18.4. The van der Waals surface area contributed by atoms with Crippen LogP contribution in [0, 0.1) is 19.8 Å². The molecule has 1 amide bonds. The second kappa shape index (κ2) is 10.8. The van der Waals surface area contributed by atoms with E-state index in [1.807, 2.05) is 35.2 Å². The van der Waals surface area contributed by atoms with Crippen LogP contribution in [0.25, 0.3) is 0 Å². The van der Waals surface area contributed by atoms with Crippen LogP contribution < -0.4 is 9.64 Å². The number of amides is 1. The van der Waals surface area contributed by atoms with Crippen molar-refractivity contribution in [1.82, 2.24) is 9.21 Å². The maximum atomic E-state index is 13.9. The van der Waals surface area contributed by atoms with Gasteiger partial charge in [0, 0.05) is 56.9 Å². The Labute approximate surface area is 225 Å². The minimum atomic E-state index is -3.79. The molecule has 0 unspecified atom stereocenters. The van der Waals surface area contributed by atoms with Crippen LogP contribution in [-0.2, 0) is 14.8 Å². The monoisotopic (exact) mass is 533 g/mol. The number of aryl methyl sites for hydroxylation is 2. The average molecular weight is 534 g/mol. The zero-order chi connectivity index (χ0) is 26.9. The number of carbonyl (C=O) groups excluding carboxylic acids is 1. The van der Waals surface area contributed by atoms with Crippen molar-refractivity contribution in [2.45, 2.75) is 24.7 Å². The number of piperazine rings is 1. The highest BCUT2D eigenvalue weighted by Gasteiger charge is 2.45. The Morgan fingerprint density at radius 1 is 0.868 bits per heavy atom. The van der Waals surface area contributed by atoms with Crippen LogP contribution in [0.2, 0.25) is 0 Å². The molecule has 38 heavy (non-hydrogen) atoms. The second-order valence-electron chi connectivity index (χ2n) is 10.2. The fourth-order valence-corrected chi connectivity index (χ4v) is 7.15. The van der Waals surface area contributed by atoms with E-state index in [0.29, 0.717) is 18.8 Å². The van der Waals surface area contributed by atoms with E-state index < -0.39 is 15.9 Å². The van der Waals surface area contributed by atoms with Gasteiger partial charge in [-0.05, 0) is 48.7 Å². The molecule has 0 spiro atoms. The van der Waals surface area contributed by atoms with Gasteiger partial charge in [0.2, 0.25) is 15.9 Å². The molecule has 7 nitrogen and oxygen atoms in total. The normalized spacial score (nSPS) is 20.5. The first-order valence-corrected chi connectivity index (χ1v) is 14.5. The van der Waals surface area contributed by atoms with Crippen molar-refractivity contribution < 1.29 is 17.9 Å². The zero-order valence-electron chi connectivity index (χ0n) is 22.2. The number of benzene rings is 3. The lowest BCUT2D eigenvalue weighted by Crippen LogP contribution is -2.51. The smallest absolute Gasteiger partial charge is 0.243 e. The van der Waals surface area contributed by atoms with Gasteiger partial charge in [-0.3, -0.25) is 4.79 Å². The predicted molar refractivity (Wildman–Crippen MR) is 149 cm³/mol. The van der Waals surface area contributed by atoms with E-state index in [9.17, 15) is 13.2 Å². The summed E-state index contributed by atoms with van der Waals surface area (Å²) in [6.45, 7) is 7.39. The molecule has 3 aromatic rings. The van der Waals surface area contributed by atoms with Crippen molar-refractivity contribution in [1.29, 1.82) is 0 Å². The summed E-state index contributed by atoms with van der Waals surface area (Å²) in [5.41, 5.74) is 4.66. The Morgan fingerprint density at radius 3 is 2.32 bits per heavy atom. The number of methoxy groups -OCH3 is 1. The maximum absolute atomic E-state index is 13.9. The number of sulfonamides is 1. The molecule has 200 valence electrons. The predicted octanol–water partition coefficient (Wildman–Crippen LogP) is 4.07. The van der Waals surface area contributed by atoms with E-state index in [4.69, 9.17) is 4.74 Å². The van der Waals surface area contributed by atoms with Crippen LogP contribution in [0.5, 0.6) is 5.75 Å². The molecule has 2 fully saturated rings. The first kappa shape index (κ1) is 26.3. The third kappa shape index (κ3) is 5.15. The number of ether oxygens (including phenoxy) is 1. The number of hydrogen-bond acceptors (Lipinski definition) is 5. The lowest BCUT2D eigenvalue weighted by atomic mass is 9.88. The van der Waals surface area contributed by atoms with Crippen molar-refractivity contribution in [3.8, 4) is 5.75 Å². The minimum Gasteiger partial charge on any atom is -0.497 e. The molecule has 8 heteroatoms. The summed E-state index contributed by atoms with van der Waals surface area (Å²) in [6, 6.07) is 22.8. The average Bonchev–Trinajstić information content (AvgIpc) is 3.41. The zero-order valence-corrected chi connectivity index (χ0v) is 23.0. The first-order chi connectivity index (χ1) is 18.3. The topological polar surface area (TPSA) is 70.2 Å². The minimum absolute atomic E-state index is 0.0304. The van der Waals surface area contributed by atoms with Crippen LogP contribution in [0.4, 0.5) is 5.69 Å². The van der Waals surface area contributed by atoms with E-state index in [1.165, 1.54) is 34.3 Å². The van der Waals surface area contributed by atoms with Crippen LogP contribution in [0.3, 0.4) is 0 Å². The highest BCUT2D eigenvalue weighted by molar-refractivity contribution is 7.89. The van der Waals surface area contributed by atoms with Crippen LogP contribution in [0.1, 0.15) is 22.6 Å². The lowest BCUT2D eigenvalue weighted by molar-refractivity contribution is -0.135. The fraction of sp³-hybridized carbons (Fsp3) is 0.367. The summed E-state index contributed by atoms with van der Waals surface area (Å²) in [5, 5.41) is 0. The summed E-state index contributed by atoms with van der Waals surface area (Å²) in [7, 11) is -2.27. The van der Waals surface area contributed by atoms with E-state index >= 15 is 0 Å². The number of rotatable bonds is 6. The highest BCUT2D eigenvalue weighted by Crippen LogP contribution is 2.37. The SMILES string of the molecule is COc1cccc(S(=O)(=O)N2C[C@H](C(=O)N3CCN(c4cc(C)ccc4C)CC3)[C@H](c3ccccc3)C2)c1. The van der Waals surface area contributed by atoms with Gasteiger partial charge in [0.05, 0.1) is 17.9 Å². The molecule has 2 heterocycles. The summed E-state index contributed by atoms with van der Waals surface area (Å²) in [6.07, 6.45) is 0. The number of nitrogens with zero attached hydrogens (tertiary/aromatic N) is 3. The van der Waals surface area contributed by atoms with Crippen molar-refractivity contribution in [2.24, 2.45) is 5.92 Å². The van der Waals surface area contributed by atoms with E-state index in [-0.39, 0.29) is 29.8 Å². The molecule has 2 aliphatic rings. The maximum Gasteiger partial charge on any atom is 0.243 e. The Hall–Kier alpha value is -3.36. The Bertz CT molecular complexity index is 1400. The molecule has 0 saturated carbocycles. The quantitative estimate of drug-likeness (QED) is 0.478. The molecule has 0 N–H and O–H groups in total. The van der Waals surface area contributed by atoms with Crippen LogP contribution in [0.15, 0.2) is 77.7 Å². The third-order valence-corrected chi connectivity index (χ3v) is 9.63. The molecular weight excluding hydrogens is 498 g/mol.